The second-order valence-electron chi connectivity index (χ2n) is 10.6. The van der Waals surface area contributed by atoms with Crippen LogP contribution in [0.2, 0.25) is 0 Å². The summed E-state index contributed by atoms with van der Waals surface area (Å²) in [7, 11) is -1.47. The summed E-state index contributed by atoms with van der Waals surface area (Å²) in [5.74, 6) is 2.10. The Morgan fingerprint density at radius 3 is 2.61 bits per heavy atom. The Balaban J connectivity index is 1.37. The van der Waals surface area contributed by atoms with Gasteiger partial charge in [0.15, 0.2) is 5.82 Å². The second kappa shape index (κ2) is 10.6. The lowest BCUT2D eigenvalue weighted by Crippen LogP contribution is -2.49. The number of ether oxygens (including phenoxy) is 1. The number of sulfone groups is 1. The van der Waals surface area contributed by atoms with Crippen molar-refractivity contribution >= 4 is 43.9 Å². The van der Waals surface area contributed by atoms with Crippen molar-refractivity contribution in [3.05, 3.63) is 36.2 Å². The third-order valence-corrected chi connectivity index (χ3v) is 8.32. The van der Waals surface area contributed by atoms with E-state index < -0.39 is 22.1 Å². The fraction of sp³-hybridized carbons (Fsp3) is 0.538. The van der Waals surface area contributed by atoms with E-state index in [9.17, 15) is 12.8 Å². The number of piperidine rings is 1. The van der Waals surface area contributed by atoms with Crippen molar-refractivity contribution in [2.45, 2.75) is 38.5 Å². The van der Waals surface area contributed by atoms with Gasteiger partial charge in [0.25, 0.3) is 0 Å². The maximum atomic E-state index is 14.4. The molecule has 4 heterocycles. The Labute approximate surface area is 222 Å². The number of hydrogen-bond donors (Lipinski definition) is 1. The van der Waals surface area contributed by atoms with E-state index in [0.29, 0.717) is 49.6 Å². The molecule has 0 bridgehead atoms. The number of nitrogens with one attached hydrogen (secondary N) is 1. The molecule has 2 aliphatic heterocycles. The smallest absolute Gasteiger partial charge is 0.247 e. The summed E-state index contributed by atoms with van der Waals surface area (Å²) in [6.45, 7) is 6.46. The largest absolute Gasteiger partial charge is 0.378 e. The number of fused-ring (bicyclic) bond motifs is 1. The second-order valence-corrected chi connectivity index (χ2v) is 12.8. The zero-order valence-electron chi connectivity index (χ0n) is 22.1. The molecule has 2 atom stereocenters. The molecule has 2 saturated heterocycles. The lowest BCUT2D eigenvalue weighted by Gasteiger charge is -2.41. The highest BCUT2D eigenvalue weighted by Crippen LogP contribution is 2.37. The molecule has 38 heavy (non-hydrogen) atoms. The predicted molar refractivity (Wildman–Crippen MR) is 147 cm³/mol. The minimum atomic E-state index is -2.99. The Hall–Kier alpha value is -3.12. The van der Waals surface area contributed by atoms with Gasteiger partial charge in [0.05, 0.1) is 24.6 Å². The molecule has 0 amide bonds. The number of methoxy groups -OCH3 is 1. The number of aromatic nitrogens is 4. The van der Waals surface area contributed by atoms with E-state index in [-0.39, 0.29) is 18.2 Å². The first-order valence-corrected chi connectivity index (χ1v) is 14.9. The summed E-state index contributed by atoms with van der Waals surface area (Å²) in [4.78, 5) is 13.2. The van der Waals surface area contributed by atoms with E-state index in [2.05, 4.69) is 56.4 Å². The van der Waals surface area contributed by atoms with Crippen molar-refractivity contribution in [2.75, 3.05) is 60.4 Å². The summed E-state index contributed by atoms with van der Waals surface area (Å²) >= 11 is 0. The third-order valence-electron chi connectivity index (χ3n) is 7.24. The van der Waals surface area contributed by atoms with Crippen molar-refractivity contribution in [2.24, 2.45) is 5.92 Å². The molecule has 5 rings (SSSR count). The van der Waals surface area contributed by atoms with E-state index in [0.717, 1.165) is 16.5 Å². The van der Waals surface area contributed by atoms with Crippen LogP contribution in [-0.2, 0) is 14.6 Å². The van der Waals surface area contributed by atoms with Gasteiger partial charge in [0, 0.05) is 56.2 Å². The average Bonchev–Trinajstić information content (AvgIpc) is 2.85. The molecule has 3 aromatic rings. The number of hydrogen-bond acceptors (Lipinski definition) is 10. The number of anilines is 4. The van der Waals surface area contributed by atoms with Crippen molar-refractivity contribution in [3.8, 4) is 0 Å². The van der Waals surface area contributed by atoms with Crippen LogP contribution < -0.4 is 15.1 Å². The van der Waals surface area contributed by atoms with Crippen molar-refractivity contribution in [1.82, 2.24) is 20.2 Å². The van der Waals surface area contributed by atoms with Crippen LogP contribution in [0.1, 0.15) is 31.7 Å². The molecule has 1 aromatic carbocycles. The maximum Gasteiger partial charge on any atom is 0.247 e. The van der Waals surface area contributed by atoms with Crippen molar-refractivity contribution in [1.29, 1.82) is 0 Å². The first-order valence-electron chi connectivity index (χ1n) is 12.8. The highest BCUT2D eigenvalue weighted by Gasteiger charge is 2.32. The van der Waals surface area contributed by atoms with E-state index >= 15 is 0 Å². The first kappa shape index (κ1) is 26.5. The van der Waals surface area contributed by atoms with Crippen LogP contribution in [0, 0.1) is 5.92 Å². The minimum absolute atomic E-state index is 0.145. The molecule has 10 nitrogen and oxygen atoms in total. The molecule has 0 aliphatic carbocycles. The zero-order chi connectivity index (χ0) is 27.0. The lowest BCUT2D eigenvalue weighted by molar-refractivity contribution is 0.0194. The van der Waals surface area contributed by atoms with Gasteiger partial charge in [-0.25, -0.2) is 17.8 Å². The van der Waals surface area contributed by atoms with Gasteiger partial charge in [-0.05, 0) is 35.4 Å². The maximum absolute atomic E-state index is 14.4. The van der Waals surface area contributed by atoms with Crippen molar-refractivity contribution < 1.29 is 17.5 Å². The SMILES string of the molecule is CO[C@@H]1CCN(c2nncc(Nc3cc4c(C(C)C)ccc(N5CC(CS(C)(=O)=O)C5)c4cn3)n2)C[C@@H]1F. The molecular formula is C26H34FN7O3S. The van der Waals surface area contributed by atoms with Crippen LogP contribution in [0.5, 0.6) is 0 Å². The topological polar surface area (TPSA) is 113 Å². The van der Waals surface area contributed by atoms with Crippen molar-refractivity contribution in [3.63, 3.8) is 0 Å². The Bertz CT molecular complexity index is 1420. The van der Waals surface area contributed by atoms with Gasteiger partial charge in [-0.2, -0.15) is 10.1 Å². The van der Waals surface area contributed by atoms with Gasteiger partial charge < -0.3 is 19.9 Å². The van der Waals surface area contributed by atoms with Crippen LogP contribution in [0.25, 0.3) is 10.8 Å². The van der Waals surface area contributed by atoms with Crippen LogP contribution in [0.4, 0.5) is 27.7 Å². The zero-order valence-corrected chi connectivity index (χ0v) is 22.9. The summed E-state index contributed by atoms with van der Waals surface area (Å²) in [6.07, 6.45) is 3.68. The Kier molecular flexibility index (Phi) is 7.36. The summed E-state index contributed by atoms with van der Waals surface area (Å²) in [6, 6.07) is 6.25. The van der Waals surface area contributed by atoms with Gasteiger partial charge in [0.2, 0.25) is 5.95 Å². The van der Waals surface area contributed by atoms with E-state index in [1.54, 1.807) is 4.90 Å². The number of rotatable bonds is 8. The number of pyridine rings is 1. The molecule has 0 unspecified atom stereocenters. The quantitative estimate of drug-likeness (QED) is 0.454. The minimum Gasteiger partial charge on any atom is -0.378 e. The normalized spacial score (nSPS) is 20.7. The Morgan fingerprint density at radius 2 is 1.92 bits per heavy atom. The standard InChI is InChI=1S/C26H34FN7O3S/c1-16(2)18-5-6-22(34-12-17(13-34)15-38(4,35)36)20-10-28-24(9-19(18)20)30-25-11-29-32-26(31-25)33-8-7-23(37-3)21(27)14-33/h5-6,9-11,16-17,21,23H,7-8,12-15H2,1-4H3,(H,28,30,31,32)/t21-,23+/m0/s1. The fourth-order valence-corrected chi connectivity index (χ4v) is 6.41. The summed E-state index contributed by atoms with van der Waals surface area (Å²) < 4.78 is 43.0. The molecule has 0 spiro atoms. The van der Waals surface area contributed by atoms with Gasteiger partial charge >= 0.3 is 0 Å². The number of nitrogens with zero attached hydrogens (tertiary/aromatic N) is 6. The Morgan fingerprint density at radius 1 is 1.13 bits per heavy atom. The van der Waals surface area contributed by atoms with Crippen LogP contribution in [0.15, 0.2) is 30.6 Å². The third kappa shape index (κ3) is 5.65. The highest BCUT2D eigenvalue weighted by molar-refractivity contribution is 7.90. The lowest BCUT2D eigenvalue weighted by atomic mass is 9.93. The molecule has 0 radical (unpaired) electrons. The molecule has 2 aliphatic rings. The van der Waals surface area contributed by atoms with Crippen LogP contribution in [-0.4, -0.2) is 86.2 Å². The number of halogens is 1. The molecule has 1 N–H and O–H groups in total. The summed E-state index contributed by atoms with van der Waals surface area (Å²) in [5, 5.41) is 13.5. The van der Waals surface area contributed by atoms with Gasteiger partial charge in [-0.1, -0.05) is 19.9 Å². The number of alkyl halides is 1. The van der Waals surface area contributed by atoms with Crippen LogP contribution in [0.3, 0.4) is 0 Å². The molecule has 0 saturated carbocycles. The van der Waals surface area contributed by atoms with E-state index in [1.165, 1.54) is 25.1 Å². The molecule has 204 valence electrons. The van der Waals surface area contributed by atoms with Gasteiger partial charge in [-0.3, -0.25) is 0 Å². The van der Waals surface area contributed by atoms with Crippen LogP contribution >= 0.6 is 0 Å². The fourth-order valence-electron chi connectivity index (χ4n) is 5.34. The van der Waals surface area contributed by atoms with E-state index in [1.807, 2.05) is 12.3 Å². The van der Waals surface area contributed by atoms with Gasteiger partial charge in [0.1, 0.15) is 21.8 Å². The molecule has 2 fully saturated rings. The first-order chi connectivity index (χ1) is 18.1. The summed E-state index contributed by atoms with van der Waals surface area (Å²) in [5.41, 5.74) is 2.25. The number of benzene rings is 1. The average molecular weight is 544 g/mol. The van der Waals surface area contributed by atoms with E-state index in [4.69, 9.17) is 4.74 Å². The molecule has 2 aromatic heterocycles. The van der Waals surface area contributed by atoms with Gasteiger partial charge in [-0.15, -0.1) is 5.10 Å². The highest BCUT2D eigenvalue weighted by atomic mass is 32.2. The monoisotopic (exact) mass is 543 g/mol. The predicted octanol–water partition coefficient (Wildman–Crippen LogP) is 3.33. The molecule has 12 heteroatoms. The molecular weight excluding hydrogens is 509 g/mol.